The molecule has 2 N–H and O–H groups in total. The van der Waals surface area contributed by atoms with E-state index < -0.39 is 34.3 Å². The van der Waals surface area contributed by atoms with Gasteiger partial charge in [0.2, 0.25) is 11.5 Å². The van der Waals surface area contributed by atoms with Gasteiger partial charge >= 0.3 is 11.9 Å². The predicted molar refractivity (Wildman–Crippen MR) is 128 cm³/mol. The third-order valence-corrected chi connectivity index (χ3v) is 5.41. The molecule has 2 heterocycles. The molecule has 0 aliphatic heterocycles. The molecule has 0 unspecified atom stereocenters. The Balaban J connectivity index is 1.26. The molecule has 0 spiro atoms. The minimum atomic E-state index is -1.32. The highest BCUT2D eigenvalue weighted by Gasteiger charge is 2.15. The third kappa shape index (κ3) is 5.38. The van der Waals surface area contributed by atoms with Crippen LogP contribution in [0.15, 0.2) is 67.0 Å². The second-order valence-corrected chi connectivity index (χ2v) is 7.93. The van der Waals surface area contributed by atoms with Crippen molar-refractivity contribution in [1.29, 1.82) is 0 Å². The minimum absolute atomic E-state index is 0.149. The van der Waals surface area contributed by atoms with E-state index in [4.69, 9.17) is 28.5 Å². The number of carboxylic acid groups (broad SMARTS) is 2. The molecule has 0 aliphatic carbocycles. The molecule has 0 aliphatic rings. The monoisotopic (exact) mass is 494 g/mol. The fourth-order valence-corrected chi connectivity index (χ4v) is 3.73. The number of hydrogen-bond donors (Lipinski definition) is 2. The summed E-state index contributed by atoms with van der Waals surface area (Å²) >= 11 is 0. The first kappa shape index (κ1) is 24.5. The van der Waals surface area contributed by atoms with Gasteiger partial charge in [0.05, 0.1) is 13.2 Å². The number of rotatable bonds is 11. The number of fused-ring (bicyclic) bond motifs is 2. The molecule has 10 nitrogen and oxygen atoms in total. The molecule has 0 fully saturated rings. The number of aromatic carboxylic acids is 2. The molecule has 0 saturated carbocycles. The van der Waals surface area contributed by atoms with Crippen molar-refractivity contribution in [2.45, 2.75) is 25.7 Å². The molecule has 0 amide bonds. The van der Waals surface area contributed by atoms with Gasteiger partial charge in [-0.25, -0.2) is 9.59 Å². The van der Waals surface area contributed by atoms with Gasteiger partial charge < -0.3 is 28.5 Å². The van der Waals surface area contributed by atoms with E-state index in [1.165, 1.54) is 12.1 Å². The van der Waals surface area contributed by atoms with Crippen molar-refractivity contribution in [1.82, 2.24) is 0 Å². The zero-order valence-electron chi connectivity index (χ0n) is 19.0. The summed E-state index contributed by atoms with van der Waals surface area (Å²) < 4.78 is 22.0. The highest BCUT2D eigenvalue weighted by molar-refractivity contribution is 5.90. The van der Waals surface area contributed by atoms with Crippen LogP contribution in [0.3, 0.4) is 0 Å². The summed E-state index contributed by atoms with van der Waals surface area (Å²) in [6.45, 7) is 0.715. The number of unbranched alkanes of at least 4 members (excludes halogenated alkanes) is 3. The van der Waals surface area contributed by atoms with Crippen LogP contribution < -0.4 is 20.3 Å². The highest BCUT2D eigenvalue weighted by Crippen LogP contribution is 2.25. The normalized spacial score (nSPS) is 11.0. The Hall–Kier alpha value is -4.60. The molecule has 2 aromatic heterocycles. The van der Waals surface area contributed by atoms with Gasteiger partial charge in [0.1, 0.15) is 33.4 Å². The first-order valence-electron chi connectivity index (χ1n) is 11.2. The summed E-state index contributed by atoms with van der Waals surface area (Å²) in [4.78, 5) is 46.8. The van der Waals surface area contributed by atoms with Crippen LogP contribution >= 0.6 is 0 Å². The lowest BCUT2D eigenvalue weighted by atomic mass is 10.2. The van der Waals surface area contributed by atoms with E-state index in [1.807, 2.05) is 0 Å². The van der Waals surface area contributed by atoms with Gasteiger partial charge in [0.25, 0.3) is 0 Å². The molecule has 0 saturated heterocycles. The van der Waals surface area contributed by atoms with Gasteiger partial charge in [0.15, 0.2) is 10.9 Å². The van der Waals surface area contributed by atoms with E-state index >= 15 is 0 Å². The Morgan fingerprint density at radius 2 is 1.08 bits per heavy atom. The Kier molecular flexibility index (Phi) is 7.33. The van der Waals surface area contributed by atoms with Gasteiger partial charge in [-0.3, -0.25) is 9.59 Å². The van der Waals surface area contributed by atoms with E-state index in [9.17, 15) is 19.2 Å². The lowest BCUT2D eigenvalue weighted by Gasteiger charge is -2.10. The Bertz CT molecular complexity index is 1430. The van der Waals surface area contributed by atoms with Crippen LogP contribution in [0.5, 0.6) is 11.5 Å². The van der Waals surface area contributed by atoms with E-state index in [2.05, 4.69) is 0 Å². The predicted octanol–water partition coefficient (Wildman–Crippen LogP) is 4.31. The Morgan fingerprint density at radius 1 is 0.667 bits per heavy atom. The molecule has 10 heteroatoms. The molecule has 0 radical (unpaired) electrons. The van der Waals surface area contributed by atoms with Crippen LogP contribution in [0.25, 0.3) is 21.9 Å². The minimum Gasteiger partial charge on any atom is -0.493 e. The first-order valence-corrected chi connectivity index (χ1v) is 11.2. The summed E-state index contributed by atoms with van der Waals surface area (Å²) in [5.41, 5.74) is -0.668. The van der Waals surface area contributed by atoms with Crippen molar-refractivity contribution < 1.29 is 38.1 Å². The highest BCUT2D eigenvalue weighted by atomic mass is 16.5. The average Bonchev–Trinajstić information content (AvgIpc) is 2.85. The lowest BCUT2D eigenvalue weighted by Crippen LogP contribution is -2.09. The number of carbonyl (C=O) groups is 2. The zero-order valence-corrected chi connectivity index (χ0v) is 19.0. The quantitative estimate of drug-likeness (QED) is 0.288. The van der Waals surface area contributed by atoms with Gasteiger partial charge in [-0.05, 0) is 49.9 Å². The van der Waals surface area contributed by atoms with Gasteiger partial charge in [-0.2, -0.15) is 0 Å². The van der Waals surface area contributed by atoms with Crippen molar-refractivity contribution >= 4 is 33.9 Å². The molecule has 4 rings (SSSR count). The van der Waals surface area contributed by atoms with Gasteiger partial charge in [0, 0.05) is 12.1 Å². The van der Waals surface area contributed by atoms with Crippen LogP contribution in [0.4, 0.5) is 0 Å². The zero-order chi connectivity index (χ0) is 25.7. The summed E-state index contributed by atoms with van der Waals surface area (Å²) in [7, 11) is 0. The molecular formula is C26H22O10. The Labute approximate surface area is 203 Å². The first-order chi connectivity index (χ1) is 17.3. The molecule has 4 aromatic rings. The molecule has 2 aromatic carbocycles. The van der Waals surface area contributed by atoms with E-state index in [0.29, 0.717) is 37.6 Å². The van der Waals surface area contributed by atoms with Crippen LogP contribution in [0, 0.1) is 0 Å². The molecular weight excluding hydrogens is 472 g/mol. The van der Waals surface area contributed by atoms with Crippen molar-refractivity contribution in [3.63, 3.8) is 0 Å². The molecule has 36 heavy (non-hydrogen) atoms. The van der Waals surface area contributed by atoms with E-state index in [1.54, 1.807) is 24.3 Å². The summed E-state index contributed by atoms with van der Waals surface area (Å²) in [6, 6.07) is 11.4. The molecule has 186 valence electrons. The average molecular weight is 494 g/mol. The summed E-state index contributed by atoms with van der Waals surface area (Å²) in [6.07, 6.45) is 3.08. The summed E-state index contributed by atoms with van der Waals surface area (Å²) in [5, 5.41) is 18.5. The number of benzene rings is 2. The van der Waals surface area contributed by atoms with Crippen LogP contribution in [0.1, 0.15) is 46.8 Å². The maximum Gasteiger partial charge on any atom is 0.371 e. The second kappa shape index (κ2) is 10.8. The standard InChI is InChI=1S/C26H22O10/c27-15-13-21(25(29)30)35-19-9-5-7-17(23(15)19)33-11-3-1-2-4-12-34-18-8-6-10-20-24(18)16(28)14-22(36-20)26(31)32/h5-10,13-14H,1-4,11-12H2,(H,29,30)(H,31,32). The van der Waals surface area contributed by atoms with Crippen molar-refractivity contribution in [3.8, 4) is 11.5 Å². The Morgan fingerprint density at radius 3 is 1.47 bits per heavy atom. The number of carboxylic acids is 2. The molecule has 0 atom stereocenters. The largest absolute Gasteiger partial charge is 0.493 e. The number of ether oxygens (including phenoxy) is 2. The lowest BCUT2D eigenvalue weighted by molar-refractivity contribution is 0.0653. The second-order valence-electron chi connectivity index (χ2n) is 7.93. The van der Waals surface area contributed by atoms with Crippen LogP contribution in [-0.4, -0.2) is 35.4 Å². The SMILES string of the molecule is O=C(O)c1cc(=O)c2c(OCCCCCCOc3cccc4oc(C(=O)O)cc(=O)c34)cccc2o1. The topological polar surface area (TPSA) is 153 Å². The van der Waals surface area contributed by atoms with Crippen LogP contribution in [0.2, 0.25) is 0 Å². The van der Waals surface area contributed by atoms with E-state index in [0.717, 1.165) is 25.0 Å². The maximum atomic E-state index is 12.3. The number of hydrogen-bond acceptors (Lipinski definition) is 8. The molecule has 0 bridgehead atoms. The smallest absolute Gasteiger partial charge is 0.371 e. The third-order valence-electron chi connectivity index (χ3n) is 5.41. The van der Waals surface area contributed by atoms with E-state index in [-0.39, 0.29) is 21.9 Å². The summed E-state index contributed by atoms with van der Waals surface area (Å²) in [5.74, 6) is -2.83. The van der Waals surface area contributed by atoms with Gasteiger partial charge in [-0.1, -0.05) is 12.1 Å². The fraction of sp³-hybridized carbons (Fsp3) is 0.231. The van der Waals surface area contributed by atoms with Crippen molar-refractivity contribution in [3.05, 3.63) is 80.5 Å². The van der Waals surface area contributed by atoms with Crippen molar-refractivity contribution in [2.24, 2.45) is 0 Å². The maximum absolute atomic E-state index is 12.3. The van der Waals surface area contributed by atoms with Gasteiger partial charge in [-0.15, -0.1) is 0 Å². The van der Waals surface area contributed by atoms with Crippen molar-refractivity contribution in [2.75, 3.05) is 13.2 Å². The van der Waals surface area contributed by atoms with Crippen LogP contribution in [-0.2, 0) is 0 Å². The fourth-order valence-electron chi connectivity index (χ4n) is 3.73.